The van der Waals surface area contributed by atoms with Crippen LogP contribution in [0.3, 0.4) is 0 Å². The SMILES string of the molecule is CCOc1ccc(NC(=O)C(=O)N/N=C/c2ccc(OCc3ccc([N+](=O)[O-])cc3)cc2)cc1. The first-order valence-corrected chi connectivity index (χ1v) is 10.3. The molecule has 0 unspecified atom stereocenters. The summed E-state index contributed by atoms with van der Waals surface area (Å²) in [5.41, 5.74) is 4.12. The summed E-state index contributed by atoms with van der Waals surface area (Å²) in [6, 6.07) is 19.6. The lowest BCUT2D eigenvalue weighted by atomic mass is 10.2. The molecule has 0 aliphatic carbocycles. The molecule has 2 N–H and O–H groups in total. The Balaban J connectivity index is 1.44. The number of nitro groups is 1. The van der Waals surface area contributed by atoms with Crippen LogP contribution in [0, 0.1) is 10.1 Å². The third-order valence-electron chi connectivity index (χ3n) is 4.44. The monoisotopic (exact) mass is 462 g/mol. The standard InChI is InChI=1S/C24H22N4O6/c1-2-33-21-13-7-19(8-14-21)26-23(29)24(30)27-25-15-17-5-11-22(12-6-17)34-16-18-3-9-20(10-4-18)28(31)32/h3-15H,2,16H2,1H3,(H,26,29)(H,27,30)/b25-15+. The third-order valence-corrected chi connectivity index (χ3v) is 4.44. The molecule has 2 amide bonds. The molecule has 10 nitrogen and oxygen atoms in total. The first-order chi connectivity index (χ1) is 16.4. The molecule has 174 valence electrons. The Hall–Kier alpha value is -4.73. The van der Waals surface area contributed by atoms with Crippen LogP contribution in [0.4, 0.5) is 11.4 Å². The smallest absolute Gasteiger partial charge is 0.329 e. The second kappa shape index (κ2) is 11.8. The number of carbonyl (C=O) groups is 2. The van der Waals surface area contributed by atoms with E-state index in [-0.39, 0.29) is 12.3 Å². The fourth-order valence-corrected chi connectivity index (χ4v) is 2.74. The van der Waals surface area contributed by atoms with E-state index < -0.39 is 16.7 Å². The summed E-state index contributed by atoms with van der Waals surface area (Å²) in [5, 5.41) is 16.9. The Morgan fingerprint density at radius 1 is 0.912 bits per heavy atom. The second-order valence-electron chi connectivity index (χ2n) is 6.89. The number of nitro benzene ring substituents is 1. The van der Waals surface area contributed by atoms with Gasteiger partial charge < -0.3 is 14.8 Å². The topological polar surface area (TPSA) is 132 Å². The van der Waals surface area contributed by atoms with Gasteiger partial charge >= 0.3 is 11.8 Å². The van der Waals surface area contributed by atoms with Gasteiger partial charge in [0.15, 0.2) is 0 Å². The first-order valence-electron chi connectivity index (χ1n) is 10.3. The van der Waals surface area contributed by atoms with Crippen LogP contribution in [-0.2, 0) is 16.2 Å². The summed E-state index contributed by atoms with van der Waals surface area (Å²) in [7, 11) is 0. The summed E-state index contributed by atoms with van der Waals surface area (Å²) >= 11 is 0. The van der Waals surface area contributed by atoms with E-state index in [0.29, 0.717) is 29.4 Å². The number of ether oxygens (including phenoxy) is 2. The molecule has 3 aromatic rings. The van der Waals surface area contributed by atoms with Crippen molar-refractivity contribution >= 4 is 29.4 Å². The van der Waals surface area contributed by atoms with Gasteiger partial charge in [0.2, 0.25) is 0 Å². The van der Waals surface area contributed by atoms with Crippen LogP contribution in [0.5, 0.6) is 11.5 Å². The van der Waals surface area contributed by atoms with E-state index in [9.17, 15) is 19.7 Å². The maximum Gasteiger partial charge on any atom is 0.329 e. The van der Waals surface area contributed by atoms with Gasteiger partial charge in [0, 0.05) is 17.8 Å². The highest BCUT2D eigenvalue weighted by atomic mass is 16.6. The van der Waals surface area contributed by atoms with Crippen molar-refractivity contribution in [3.8, 4) is 11.5 Å². The Bertz CT molecular complexity index is 1160. The van der Waals surface area contributed by atoms with Crippen LogP contribution in [0.2, 0.25) is 0 Å². The van der Waals surface area contributed by atoms with Crippen LogP contribution >= 0.6 is 0 Å². The van der Waals surface area contributed by atoms with Crippen molar-refractivity contribution in [2.24, 2.45) is 5.10 Å². The highest BCUT2D eigenvalue weighted by Gasteiger charge is 2.12. The number of hydrogen-bond donors (Lipinski definition) is 2. The summed E-state index contributed by atoms with van der Waals surface area (Å²) in [6.45, 7) is 2.65. The normalized spacial score (nSPS) is 10.5. The van der Waals surface area contributed by atoms with E-state index in [4.69, 9.17) is 9.47 Å². The molecule has 0 bridgehead atoms. The summed E-state index contributed by atoms with van der Waals surface area (Å²) in [6.07, 6.45) is 1.39. The zero-order chi connectivity index (χ0) is 24.3. The number of anilines is 1. The van der Waals surface area contributed by atoms with Crippen molar-refractivity contribution in [2.75, 3.05) is 11.9 Å². The highest BCUT2D eigenvalue weighted by Crippen LogP contribution is 2.17. The van der Waals surface area contributed by atoms with Crippen molar-refractivity contribution in [3.63, 3.8) is 0 Å². The molecular formula is C24H22N4O6. The fraction of sp³-hybridized carbons (Fsp3) is 0.125. The molecule has 0 saturated carbocycles. The number of benzene rings is 3. The van der Waals surface area contributed by atoms with Crippen molar-refractivity contribution in [2.45, 2.75) is 13.5 Å². The molecule has 0 aliphatic heterocycles. The third kappa shape index (κ3) is 7.16. The fourth-order valence-electron chi connectivity index (χ4n) is 2.74. The van der Waals surface area contributed by atoms with Gasteiger partial charge in [-0.05, 0) is 78.7 Å². The molecule has 0 atom stereocenters. The van der Waals surface area contributed by atoms with Crippen LogP contribution in [0.15, 0.2) is 77.9 Å². The predicted molar refractivity (Wildman–Crippen MR) is 126 cm³/mol. The van der Waals surface area contributed by atoms with Gasteiger partial charge in [-0.3, -0.25) is 19.7 Å². The van der Waals surface area contributed by atoms with Gasteiger partial charge in [-0.25, -0.2) is 5.43 Å². The van der Waals surface area contributed by atoms with Gasteiger partial charge in [-0.15, -0.1) is 0 Å². The van der Waals surface area contributed by atoms with Gasteiger partial charge in [-0.1, -0.05) is 0 Å². The average molecular weight is 462 g/mol. The lowest BCUT2D eigenvalue weighted by Crippen LogP contribution is -2.32. The zero-order valence-electron chi connectivity index (χ0n) is 18.3. The molecule has 10 heteroatoms. The molecular weight excluding hydrogens is 440 g/mol. The second-order valence-corrected chi connectivity index (χ2v) is 6.89. The first kappa shape index (κ1) is 23.9. The minimum Gasteiger partial charge on any atom is -0.494 e. The number of hydrazone groups is 1. The van der Waals surface area contributed by atoms with E-state index in [1.165, 1.54) is 18.3 Å². The lowest BCUT2D eigenvalue weighted by Gasteiger charge is -2.07. The molecule has 0 saturated heterocycles. The molecule has 0 heterocycles. The Labute approximate surface area is 195 Å². The van der Waals surface area contributed by atoms with E-state index in [1.807, 2.05) is 6.92 Å². The van der Waals surface area contributed by atoms with Gasteiger partial charge in [-0.2, -0.15) is 5.10 Å². The number of nitrogens with one attached hydrogen (secondary N) is 2. The summed E-state index contributed by atoms with van der Waals surface area (Å²) in [5.74, 6) is -0.504. The maximum absolute atomic E-state index is 12.0. The number of amides is 2. The Morgan fingerprint density at radius 2 is 1.53 bits per heavy atom. The quantitative estimate of drug-likeness (QED) is 0.216. The van der Waals surface area contributed by atoms with Gasteiger partial charge in [0.05, 0.1) is 17.7 Å². The summed E-state index contributed by atoms with van der Waals surface area (Å²) in [4.78, 5) is 34.1. The Kier molecular flexibility index (Phi) is 8.28. The zero-order valence-corrected chi connectivity index (χ0v) is 18.3. The van der Waals surface area contributed by atoms with Gasteiger partial charge in [0.1, 0.15) is 18.1 Å². The predicted octanol–water partition coefficient (Wildman–Crippen LogP) is 3.66. The van der Waals surface area contributed by atoms with Crippen molar-refractivity contribution in [3.05, 3.63) is 94.0 Å². The number of hydrogen-bond acceptors (Lipinski definition) is 7. The van der Waals surface area contributed by atoms with E-state index in [0.717, 1.165) is 5.56 Å². The number of nitrogens with zero attached hydrogens (tertiary/aromatic N) is 2. The molecule has 0 fully saturated rings. The Morgan fingerprint density at radius 3 is 2.15 bits per heavy atom. The molecule has 0 radical (unpaired) electrons. The molecule has 0 aliphatic rings. The lowest BCUT2D eigenvalue weighted by molar-refractivity contribution is -0.384. The number of carbonyl (C=O) groups excluding carboxylic acids is 2. The van der Waals surface area contributed by atoms with E-state index >= 15 is 0 Å². The average Bonchev–Trinajstić information content (AvgIpc) is 2.85. The minimum atomic E-state index is -0.909. The summed E-state index contributed by atoms with van der Waals surface area (Å²) < 4.78 is 11.0. The van der Waals surface area contributed by atoms with Crippen LogP contribution < -0.4 is 20.2 Å². The van der Waals surface area contributed by atoms with Crippen LogP contribution in [0.25, 0.3) is 0 Å². The molecule has 34 heavy (non-hydrogen) atoms. The number of non-ortho nitro benzene ring substituents is 1. The van der Waals surface area contributed by atoms with Crippen molar-refractivity contribution in [1.82, 2.24) is 5.43 Å². The highest BCUT2D eigenvalue weighted by molar-refractivity contribution is 6.39. The molecule has 3 rings (SSSR count). The van der Waals surface area contributed by atoms with E-state index in [1.54, 1.807) is 60.7 Å². The van der Waals surface area contributed by atoms with Gasteiger partial charge in [0.25, 0.3) is 5.69 Å². The molecule has 3 aromatic carbocycles. The largest absolute Gasteiger partial charge is 0.494 e. The maximum atomic E-state index is 12.0. The van der Waals surface area contributed by atoms with Crippen LogP contribution in [-0.4, -0.2) is 29.6 Å². The van der Waals surface area contributed by atoms with E-state index in [2.05, 4.69) is 15.8 Å². The van der Waals surface area contributed by atoms with Crippen molar-refractivity contribution < 1.29 is 24.0 Å². The molecule has 0 aromatic heterocycles. The number of rotatable bonds is 9. The minimum absolute atomic E-state index is 0.0214. The molecule has 0 spiro atoms. The van der Waals surface area contributed by atoms with Crippen molar-refractivity contribution in [1.29, 1.82) is 0 Å². The van der Waals surface area contributed by atoms with Crippen LogP contribution in [0.1, 0.15) is 18.1 Å².